The molecule has 1 heterocycles. The number of nitrogens with two attached hydrogens (primary N) is 1. The molecule has 1 atom stereocenters. The van der Waals surface area contributed by atoms with Crippen LogP contribution in [0.25, 0.3) is 0 Å². The molecule has 0 radical (unpaired) electrons. The van der Waals surface area contributed by atoms with E-state index in [0.717, 1.165) is 11.1 Å². The first-order valence-electron chi connectivity index (χ1n) is 8.17. The van der Waals surface area contributed by atoms with E-state index in [9.17, 15) is 14.9 Å². The number of para-hydroxylation sites is 1. The predicted molar refractivity (Wildman–Crippen MR) is 107 cm³/mol. The van der Waals surface area contributed by atoms with Crippen LogP contribution in [0.2, 0.25) is 5.02 Å². The molecule has 1 aliphatic rings. The lowest BCUT2D eigenvalue weighted by Gasteiger charge is -2.18. The van der Waals surface area contributed by atoms with Crippen LogP contribution < -0.4 is 10.6 Å². The van der Waals surface area contributed by atoms with Crippen molar-refractivity contribution in [3.63, 3.8) is 0 Å². The summed E-state index contributed by atoms with van der Waals surface area (Å²) in [5, 5.41) is 9.79. The molecule has 0 aliphatic carbocycles. The lowest BCUT2D eigenvalue weighted by molar-refractivity contribution is -0.117. The first kappa shape index (κ1) is 19.0. The quantitative estimate of drug-likeness (QED) is 0.631. The minimum atomic E-state index is -0.854. The SMILES string of the molecule is Cc1ccc(CC2SC(=C(C#N)C(N)=O)N(c3ccccc3)C2=O)cc1Cl. The van der Waals surface area contributed by atoms with Crippen LogP contribution >= 0.6 is 23.4 Å². The predicted octanol–water partition coefficient (Wildman–Crippen LogP) is 3.56. The average molecular weight is 398 g/mol. The second-order valence-electron chi connectivity index (χ2n) is 6.06. The number of primary amides is 1. The fourth-order valence-electron chi connectivity index (χ4n) is 2.79. The molecule has 0 bridgehead atoms. The van der Waals surface area contributed by atoms with Crippen molar-refractivity contribution in [1.29, 1.82) is 5.26 Å². The van der Waals surface area contributed by atoms with E-state index in [0.29, 0.717) is 17.1 Å². The molecule has 2 N–H and O–H groups in total. The number of hydrogen-bond acceptors (Lipinski definition) is 4. The van der Waals surface area contributed by atoms with Crippen LogP contribution in [-0.4, -0.2) is 17.1 Å². The molecule has 2 aromatic carbocycles. The zero-order valence-corrected chi connectivity index (χ0v) is 16.1. The Balaban J connectivity index is 2.01. The Bertz CT molecular complexity index is 982. The maximum absolute atomic E-state index is 13.1. The molecule has 136 valence electrons. The van der Waals surface area contributed by atoms with Crippen molar-refractivity contribution >= 4 is 40.9 Å². The van der Waals surface area contributed by atoms with Crippen molar-refractivity contribution in [3.05, 3.63) is 75.3 Å². The van der Waals surface area contributed by atoms with Gasteiger partial charge in [0, 0.05) is 10.7 Å². The highest BCUT2D eigenvalue weighted by atomic mass is 35.5. The average Bonchev–Trinajstić information content (AvgIpc) is 2.95. The van der Waals surface area contributed by atoms with E-state index in [2.05, 4.69) is 0 Å². The molecule has 27 heavy (non-hydrogen) atoms. The second-order valence-corrected chi connectivity index (χ2v) is 7.66. The standard InChI is InChI=1S/C20H16ClN3O2S/c1-12-7-8-13(9-16(12)21)10-17-19(26)24(14-5-3-2-4-6-14)20(27-17)15(11-22)18(23)25/h2-9,17H,10H2,1H3,(H2,23,25). The summed E-state index contributed by atoms with van der Waals surface area (Å²) >= 11 is 7.36. The molecule has 2 aromatic rings. The monoisotopic (exact) mass is 397 g/mol. The van der Waals surface area contributed by atoms with Gasteiger partial charge in [-0.2, -0.15) is 5.26 Å². The van der Waals surface area contributed by atoms with E-state index >= 15 is 0 Å². The van der Waals surface area contributed by atoms with E-state index in [-0.39, 0.29) is 16.5 Å². The fraction of sp³-hybridized carbons (Fsp3) is 0.150. The number of benzene rings is 2. The van der Waals surface area contributed by atoms with E-state index in [4.69, 9.17) is 17.3 Å². The van der Waals surface area contributed by atoms with Gasteiger partial charge in [0.25, 0.3) is 5.91 Å². The molecular formula is C20H16ClN3O2S. The zero-order valence-electron chi connectivity index (χ0n) is 14.5. The van der Waals surface area contributed by atoms with Gasteiger partial charge in [-0.3, -0.25) is 14.5 Å². The second kappa shape index (κ2) is 7.87. The van der Waals surface area contributed by atoms with Crippen LogP contribution in [0, 0.1) is 18.3 Å². The number of nitriles is 1. The van der Waals surface area contributed by atoms with Crippen LogP contribution in [-0.2, 0) is 16.0 Å². The van der Waals surface area contributed by atoms with Gasteiger partial charge in [0.1, 0.15) is 16.7 Å². The largest absolute Gasteiger partial charge is 0.365 e. The molecule has 1 fully saturated rings. The van der Waals surface area contributed by atoms with Gasteiger partial charge < -0.3 is 5.73 Å². The Labute approximate surface area is 166 Å². The fourth-order valence-corrected chi connectivity index (χ4v) is 4.31. The normalized spacial score (nSPS) is 18.3. The first-order valence-corrected chi connectivity index (χ1v) is 9.43. The van der Waals surface area contributed by atoms with Gasteiger partial charge in [-0.25, -0.2) is 0 Å². The van der Waals surface area contributed by atoms with Crippen molar-refractivity contribution in [2.75, 3.05) is 4.90 Å². The van der Waals surface area contributed by atoms with Crippen molar-refractivity contribution in [3.8, 4) is 6.07 Å². The van der Waals surface area contributed by atoms with Gasteiger partial charge in [-0.15, -0.1) is 0 Å². The summed E-state index contributed by atoms with van der Waals surface area (Å²) < 4.78 is 0. The number of aryl methyl sites for hydroxylation is 1. The zero-order chi connectivity index (χ0) is 19.6. The molecule has 0 saturated carbocycles. The molecule has 2 amide bonds. The maximum Gasteiger partial charge on any atom is 0.262 e. The molecule has 1 unspecified atom stereocenters. The molecule has 5 nitrogen and oxygen atoms in total. The van der Waals surface area contributed by atoms with Crippen LogP contribution in [0.5, 0.6) is 0 Å². The van der Waals surface area contributed by atoms with Gasteiger partial charge in [0.2, 0.25) is 5.91 Å². The number of rotatable bonds is 4. The summed E-state index contributed by atoms with van der Waals surface area (Å²) in [5.41, 5.74) is 7.59. The summed E-state index contributed by atoms with van der Waals surface area (Å²) in [7, 11) is 0. The highest BCUT2D eigenvalue weighted by Crippen LogP contribution is 2.41. The van der Waals surface area contributed by atoms with E-state index < -0.39 is 11.2 Å². The molecule has 1 saturated heterocycles. The van der Waals surface area contributed by atoms with Crippen LogP contribution in [0.3, 0.4) is 0 Å². The van der Waals surface area contributed by atoms with Crippen LogP contribution in [0.15, 0.2) is 59.1 Å². The van der Waals surface area contributed by atoms with E-state index in [1.807, 2.05) is 37.3 Å². The van der Waals surface area contributed by atoms with Gasteiger partial charge in [-0.1, -0.05) is 53.7 Å². The number of thioether (sulfide) groups is 1. The summed E-state index contributed by atoms with van der Waals surface area (Å²) in [6.45, 7) is 1.91. The highest BCUT2D eigenvalue weighted by molar-refractivity contribution is 8.05. The maximum atomic E-state index is 13.1. The van der Waals surface area contributed by atoms with E-state index in [1.165, 1.54) is 16.7 Å². The van der Waals surface area contributed by atoms with Gasteiger partial charge in [0.15, 0.2) is 0 Å². The third kappa shape index (κ3) is 3.85. The molecule has 0 spiro atoms. The van der Waals surface area contributed by atoms with Crippen molar-refractivity contribution < 1.29 is 9.59 Å². The summed E-state index contributed by atoms with van der Waals surface area (Å²) in [4.78, 5) is 26.2. The molecule has 3 rings (SSSR count). The number of carbonyl (C=O) groups excluding carboxylic acids is 2. The third-order valence-electron chi connectivity index (χ3n) is 4.20. The van der Waals surface area contributed by atoms with Crippen molar-refractivity contribution in [1.82, 2.24) is 0 Å². The Morgan fingerprint density at radius 1 is 1.30 bits per heavy atom. The number of anilines is 1. The first-order chi connectivity index (χ1) is 12.9. The smallest absolute Gasteiger partial charge is 0.262 e. The van der Waals surface area contributed by atoms with Crippen LogP contribution in [0.1, 0.15) is 11.1 Å². The van der Waals surface area contributed by atoms with Crippen molar-refractivity contribution in [2.24, 2.45) is 5.73 Å². The number of amides is 2. The topological polar surface area (TPSA) is 87.2 Å². The molecule has 7 heteroatoms. The number of nitrogens with zero attached hydrogens (tertiary/aromatic N) is 2. The third-order valence-corrected chi connectivity index (χ3v) is 5.87. The number of hydrogen-bond donors (Lipinski definition) is 1. The Morgan fingerprint density at radius 2 is 2.00 bits per heavy atom. The minimum Gasteiger partial charge on any atom is -0.365 e. The lowest BCUT2D eigenvalue weighted by Crippen LogP contribution is -2.31. The molecule has 1 aliphatic heterocycles. The highest BCUT2D eigenvalue weighted by Gasteiger charge is 2.40. The van der Waals surface area contributed by atoms with Crippen molar-refractivity contribution in [2.45, 2.75) is 18.6 Å². The van der Waals surface area contributed by atoms with Crippen LogP contribution in [0.4, 0.5) is 5.69 Å². The van der Waals surface area contributed by atoms with Gasteiger partial charge in [0.05, 0.1) is 5.25 Å². The Morgan fingerprint density at radius 3 is 2.59 bits per heavy atom. The summed E-state index contributed by atoms with van der Waals surface area (Å²) in [6, 6.07) is 16.4. The molecular weight excluding hydrogens is 382 g/mol. The Kier molecular flexibility index (Phi) is 5.54. The van der Waals surface area contributed by atoms with E-state index in [1.54, 1.807) is 24.3 Å². The number of halogens is 1. The molecule has 0 aromatic heterocycles. The van der Waals surface area contributed by atoms with Gasteiger partial charge >= 0.3 is 0 Å². The lowest BCUT2D eigenvalue weighted by atomic mass is 10.1. The summed E-state index contributed by atoms with van der Waals surface area (Å²) in [5.74, 6) is -1.06. The van der Waals surface area contributed by atoms with Gasteiger partial charge in [-0.05, 0) is 42.7 Å². The number of carbonyl (C=O) groups is 2. The minimum absolute atomic E-state index is 0.202. The Hall–Kier alpha value is -2.75. The summed E-state index contributed by atoms with van der Waals surface area (Å²) in [6.07, 6.45) is 0.424.